The minimum absolute atomic E-state index is 0.123. The van der Waals surface area contributed by atoms with E-state index in [9.17, 15) is 13.6 Å². The number of hydrogen-bond donors (Lipinski definition) is 2. The average Bonchev–Trinajstić information content (AvgIpc) is 2.16. The zero-order chi connectivity index (χ0) is 12.3. The molecular weight excluding hydrogens is 216 g/mol. The van der Waals surface area contributed by atoms with Gasteiger partial charge in [0.05, 0.1) is 23.5 Å². The van der Waals surface area contributed by atoms with Crippen LogP contribution in [0.4, 0.5) is 20.2 Å². The van der Waals surface area contributed by atoms with E-state index < -0.39 is 18.9 Å². The maximum Gasteiger partial charge on any atom is 0.255 e. The minimum atomic E-state index is -2.47. The largest absolute Gasteiger partial charge is 0.396 e. The van der Waals surface area contributed by atoms with Crippen LogP contribution in [0.25, 0.3) is 0 Å². The van der Waals surface area contributed by atoms with Crippen molar-refractivity contribution in [1.82, 2.24) is 0 Å². The zero-order valence-electron chi connectivity index (χ0n) is 8.78. The molecule has 1 aromatic carbocycles. The van der Waals surface area contributed by atoms with Crippen molar-refractivity contribution in [1.29, 1.82) is 0 Å². The van der Waals surface area contributed by atoms with Crippen LogP contribution in [0.3, 0.4) is 0 Å². The van der Waals surface area contributed by atoms with Crippen molar-refractivity contribution < 1.29 is 13.6 Å². The van der Waals surface area contributed by atoms with E-state index in [0.717, 1.165) is 0 Å². The second-order valence-corrected chi connectivity index (χ2v) is 3.37. The lowest BCUT2D eigenvalue weighted by Crippen LogP contribution is -2.26. The third-order valence-electron chi connectivity index (χ3n) is 2.17. The van der Waals surface area contributed by atoms with Gasteiger partial charge in [-0.15, -0.1) is 0 Å². The van der Waals surface area contributed by atoms with Gasteiger partial charge >= 0.3 is 0 Å². The van der Waals surface area contributed by atoms with Gasteiger partial charge in [0.1, 0.15) is 0 Å². The van der Waals surface area contributed by atoms with Crippen molar-refractivity contribution in [2.75, 3.05) is 24.2 Å². The molecule has 0 aliphatic heterocycles. The van der Waals surface area contributed by atoms with Crippen LogP contribution in [-0.2, 0) is 0 Å². The first-order chi connectivity index (χ1) is 7.43. The van der Waals surface area contributed by atoms with Crippen LogP contribution < -0.4 is 16.4 Å². The number of halogens is 2. The number of primary amides is 1. The number of nitrogens with two attached hydrogens (primary N) is 2. The molecule has 0 unspecified atom stereocenters. The van der Waals surface area contributed by atoms with Crippen molar-refractivity contribution in [3.63, 3.8) is 0 Å². The number of nitrogen functional groups attached to an aromatic ring is 1. The fourth-order valence-corrected chi connectivity index (χ4v) is 1.41. The Bertz CT molecular complexity index is 396. The predicted octanol–water partition coefficient (Wildman–Crippen LogP) is 1.07. The molecule has 0 heterocycles. The first kappa shape index (κ1) is 12.2. The van der Waals surface area contributed by atoms with Gasteiger partial charge in [-0.2, -0.15) is 0 Å². The summed E-state index contributed by atoms with van der Waals surface area (Å²) in [7, 11) is 1.47. The fourth-order valence-electron chi connectivity index (χ4n) is 1.41. The van der Waals surface area contributed by atoms with Gasteiger partial charge in [0, 0.05) is 7.05 Å². The summed E-state index contributed by atoms with van der Waals surface area (Å²) >= 11 is 0. The monoisotopic (exact) mass is 229 g/mol. The molecule has 6 heteroatoms. The molecule has 0 radical (unpaired) electrons. The Morgan fingerprint density at radius 2 is 2.12 bits per heavy atom. The van der Waals surface area contributed by atoms with Gasteiger partial charge < -0.3 is 16.4 Å². The molecule has 0 saturated heterocycles. The van der Waals surface area contributed by atoms with E-state index in [1.807, 2.05) is 0 Å². The molecule has 0 spiro atoms. The maximum atomic E-state index is 12.2. The van der Waals surface area contributed by atoms with E-state index in [4.69, 9.17) is 11.5 Å². The maximum absolute atomic E-state index is 12.2. The van der Waals surface area contributed by atoms with E-state index in [0.29, 0.717) is 5.69 Å². The summed E-state index contributed by atoms with van der Waals surface area (Å²) in [6.07, 6.45) is -2.47. The van der Waals surface area contributed by atoms with Gasteiger partial charge in [0.15, 0.2) is 0 Å². The average molecular weight is 229 g/mol. The number of rotatable bonds is 4. The van der Waals surface area contributed by atoms with Crippen molar-refractivity contribution in [2.45, 2.75) is 6.43 Å². The molecule has 1 amide bonds. The van der Waals surface area contributed by atoms with Crippen LogP contribution in [0.5, 0.6) is 0 Å². The van der Waals surface area contributed by atoms with Gasteiger partial charge in [-0.1, -0.05) is 6.07 Å². The number of amides is 1. The van der Waals surface area contributed by atoms with Crippen LogP contribution in [0.2, 0.25) is 0 Å². The summed E-state index contributed by atoms with van der Waals surface area (Å²) in [5, 5.41) is 0. The second-order valence-electron chi connectivity index (χ2n) is 3.37. The Morgan fingerprint density at radius 1 is 1.50 bits per heavy atom. The first-order valence-electron chi connectivity index (χ1n) is 4.61. The molecule has 4 nitrogen and oxygen atoms in total. The van der Waals surface area contributed by atoms with Gasteiger partial charge in [-0.05, 0) is 12.1 Å². The normalized spacial score (nSPS) is 10.5. The zero-order valence-corrected chi connectivity index (χ0v) is 8.78. The lowest BCUT2D eigenvalue weighted by Gasteiger charge is -2.21. The van der Waals surface area contributed by atoms with E-state index in [-0.39, 0.29) is 11.3 Å². The van der Waals surface area contributed by atoms with Crippen LogP contribution in [0.1, 0.15) is 10.4 Å². The number of nitrogens with zero attached hydrogens (tertiary/aromatic N) is 1. The molecule has 0 aliphatic carbocycles. The van der Waals surface area contributed by atoms with Gasteiger partial charge in [-0.25, -0.2) is 8.78 Å². The molecule has 0 aromatic heterocycles. The smallest absolute Gasteiger partial charge is 0.255 e. The molecule has 88 valence electrons. The number of hydrogen-bond acceptors (Lipinski definition) is 3. The molecule has 0 fully saturated rings. The van der Waals surface area contributed by atoms with E-state index in [2.05, 4.69) is 0 Å². The van der Waals surface area contributed by atoms with Gasteiger partial charge in [0.25, 0.3) is 12.3 Å². The quantitative estimate of drug-likeness (QED) is 0.758. The summed E-state index contributed by atoms with van der Waals surface area (Å²) < 4.78 is 24.4. The first-order valence-corrected chi connectivity index (χ1v) is 4.61. The van der Waals surface area contributed by atoms with Crippen molar-refractivity contribution in [2.24, 2.45) is 5.73 Å². The summed E-state index contributed by atoms with van der Waals surface area (Å²) in [5.74, 6) is -0.676. The lowest BCUT2D eigenvalue weighted by molar-refractivity contribution is 0.100. The highest BCUT2D eigenvalue weighted by atomic mass is 19.3. The van der Waals surface area contributed by atoms with Gasteiger partial charge in [0.2, 0.25) is 0 Å². The number of carbonyl (C=O) groups is 1. The number of benzene rings is 1. The number of carbonyl (C=O) groups excluding carboxylic acids is 1. The highest BCUT2D eigenvalue weighted by Gasteiger charge is 2.14. The second kappa shape index (κ2) is 4.78. The SMILES string of the molecule is CN(CC(F)F)c1cccc(C(N)=O)c1N. The summed E-state index contributed by atoms with van der Waals surface area (Å²) in [6.45, 7) is -0.452. The minimum Gasteiger partial charge on any atom is -0.396 e. The highest BCUT2D eigenvalue weighted by Crippen LogP contribution is 2.25. The molecule has 1 rings (SSSR count). The number of anilines is 2. The topological polar surface area (TPSA) is 72.3 Å². The van der Waals surface area contributed by atoms with Crippen LogP contribution >= 0.6 is 0 Å². The predicted molar refractivity (Wildman–Crippen MR) is 58.6 cm³/mol. The Balaban J connectivity index is 3.05. The van der Waals surface area contributed by atoms with E-state index >= 15 is 0 Å². The van der Waals surface area contributed by atoms with Crippen molar-refractivity contribution >= 4 is 17.3 Å². The summed E-state index contributed by atoms with van der Waals surface area (Å²) in [6, 6.07) is 4.56. The Labute approximate surface area is 91.8 Å². The van der Waals surface area contributed by atoms with Crippen molar-refractivity contribution in [3.8, 4) is 0 Å². The number of para-hydroxylation sites is 1. The molecule has 16 heavy (non-hydrogen) atoms. The van der Waals surface area contributed by atoms with Crippen molar-refractivity contribution in [3.05, 3.63) is 23.8 Å². The number of alkyl halides is 2. The van der Waals surface area contributed by atoms with Crippen LogP contribution in [0.15, 0.2) is 18.2 Å². The van der Waals surface area contributed by atoms with Crippen LogP contribution in [-0.4, -0.2) is 25.9 Å². The Morgan fingerprint density at radius 3 is 2.62 bits per heavy atom. The molecule has 1 aromatic rings. The van der Waals surface area contributed by atoms with E-state index in [1.54, 1.807) is 12.1 Å². The van der Waals surface area contributed by atoms with Crippen LogP contribution in [0, 0.1) is 0 Å². The summed E-state index contributed by atoms with van der Waals surface area (Å²) in [4.78, 5) is 12.3. The molecule has 4 N–H and O–H groups in total. The molecule has 0 atom stereocenters. The molecule has 0 saturated carbocycles. The highest BCUT2D eigenvalue weighted by molar-refractivity contribution is 6.00. The lowest BCUT2D eigenvalue weighted by atomic mass is 10.1. The van der Waals surface area contributed by atoms with E-state index in [1.165, 1.54) is 18.0 Å². The van der Waals surface area contributed by atoms with Gasteiger partial charge in [-0.3, -0.25) is 4.79 Å². The molecule has 0 aliphatic rings. The third kappa shape index (κ3) is 2.59. The molecular formula is C10H13F2N3O. The standard InChI is InChI=1S/C10H13F2N3O/c1-15(5-8(11)12)7-4-2-3-6(9(7)13)10(14)16/h2-4,8H,5,13H2,1H3,(H2,14,16). The Kier molecular flexibility index (Phi) is 3.65. The molecule has 0 bridgehead atoms. The third-order valence-corrected chi connectivity index (χ3v) is 2.17. The Hall–Kier alpha value is -1.85. The fraction of sp³-hybridized carbons (Fsp3) is 0.300. The summed E-state index contributed by atoms with van der Waals surface area (Å²) in [5.41, 5.74) is 11.4.